The lowest BCUT2D eigenvalue weighted by molar-refractivity contribution is -0.145. The van der Waals surface area contributed by atoms with Crippen LogP contribution in [0.5, 0.6) is 0 Å². The van der Waals surface area contributed by atoms with Gasteiger partial charge < -0.3 is 9.97 Å². The minimum absolute atomic E-state index is 0.212. The number of aromatic nitrogens is 3. The second-order valence-electron chi connectivity index (χ2n) is 4.99. The zero-order chi connectivity index (χ0) is 15.0. The van der Waals surface area contributed by atoms with Crippen LogP contribution in [-0.4, -0.2) is 26.4 Å². The Kier molecular flexibility index (Phi) is 3.32. The third kappa shape index (κ3) is 2.85. The molecule has 8 heteroatoms. The third-order valence-electron chi connectivity index (χ3n) is 3.48. The summed E-state index contributed by atoms with van der Waals surface area (Å²) in [7, 11) is 0. The van der Waals surface area contributed by atoms with Gasteiger partial charge >= 0.3 is 6.18 Å². The molecule has 2 aromatic rings. The first kappa shape index (κ1) is 13.9. The monoisotopic (exact) mass is 298 g/mol. The number of H-pyrrole nitrogens is 2. The number of rotatable bonds is 2. The van der Waals surface area contributed by atoms with Crippen LogP contribution in [0.2, 0.25) is 0 Å². The SMILES string of the molecule is O=c1[nH]c(C(F)(F)F)nc2c1CCN(Cc1ccc[nH]1)C2. The van der Waals surface area contributed by atoms with E-state index in [0.717, 1.165) is 5.69 Å². The number of hydrogen-bond donors (Lipinski definition) is 2. The third-order valence-corrected chi connectivity index (χ3v) is 3.48. The lowest BCUT2D eigenvalue weighted by atomic mass is 10.1. The predicted octanol–water partition coefficient (Wildman–Crippen LogP) is 1.68. The van der Waals surface area contributed by atoms with E-state index < -0.39 is 17.6 Å². The van der Waals surface area contributed by atoms with Gasteiger partial charge in [-0.15, -0.1) is 0 Å². The Bertz CT molecular complexity index is 690. The predicted molar refractivity (Wildman–Crippen MR) is 68.5 cm³/mol. The number of fused-ring (bicyclic) bond motifs is 1. The molecule has 1 aliphatic rings. The fraction of sp³-hybridized carbons (Fsp3) is 0.385. The summed E-state index contributed by atoms with van der Waals surface area (Å²) in [5.74, 6) is -1.23. The highest BCUT2D eigenvalue weighted by Crippen LogP contribution is 2.26. The first-order valence-electron chi connectivity index (χ1n) is 6.47. The summed E-state index contributed by atoms with van der Waals surface area (Å²) in [4.78, 5) is 22.2. The van der Waals surface area contributed by atoms with Gasteiger partial charge in [0.05, 0.1) is 5.69 Å². The largest absolute Gasteiger partial charge is 0.449 e. The van der Waals surface area contributed by atoms with Crippen molar-refractivity contribution in [1.82, 2.24) is 19.9 Å². The van der Waals surface area contributed by atoms with Gasteiger partial charge in [0.1, 0.15) is 0 Å². The number of alkyl halides is 3. The Morgan fingerprint density at radius 1 is 1.38 bits per heavy atom. The summed E-state index contributed by atoms with van der Waals surface area (Å²) >= 11 is 0. The van der Waals surface area contributed by atoms with Crippen molar-refractivity contribution >= 4 is 0 Å². The second kappa shape index (κ2) is 5.03. The van der Waals surface area contributed by atoms with Crippen molar-refractivity contribution in [3.8, 4) is 0 Å². The molecule has 0 atom stereocenters. The average Bonchev–Trinajstić information content (AvgIpc) is 2.90. The fourth-order valence-corrected chi connectivity index (χ4v) is 2.47. The minimum atomic E-state index is -4.64. The molecule has 0 spiro atoms. The van der Waals surface area contributed by atoms with Crippen LogP contribution in [-0.2, 0) is 25.7 Å². The molecule has 0 fully saturated rings. The van der Waals surface area contributed by atoms with Crippen molar-refractivity contribution in [2.24, 2.45) is 0 Å². The molecule has 0 unspecified atom stereocenters. The van der Waals surface area contributed by atoms with Crippen LogP contribution in [0.4, 0.5) is 13.2 Å². The Morgan fingerprint density at radius 3 is 2.86 bits per heavy atom. The molecule has 2 aromatic heterocycles. The van der Waals surface area contributed by atoms with Crippen molar-refractivity contribution in [2.45, 2.75) is 25.7 Å². The van der Waals surface area contributed by atoms with E-state index in [1.807, 2.05) is 22.0 Å². The number of hydrogen-bond acceptors (Lipinski definition) is 3. The van der Waals surface area contributed by atoms with Crippen LogP contribution in [0.1, 0.15) is 22.8 Å². The molecule has 0 bridgehead atoms. The fourth-order valence-electron chi connectivity index (χ4n) is 2.47. The second-order valence-corrected chi connectivity index (χ2v) is 4.99. The standard InChI is InChI=1S/C13H13F3N4O/c14-13(15,16)12-18-10-7-20(6-8-2-1-4-17-8)5-3-9(10)11(21)19-12/h1-2,4,17H,3,5-7H2,(H,18,19,21). The molecule has 3 heterocycles. The van der Waals surface area contributed by atoms with E-state index in [0.29, 0.717) is 25.1 Å². The Balaban J connectivity index is 1.87. The van der Waals surface area contributed by atoms with Crippen molar-refractivity contribution in [3.63, 3.8) is 0 Å². The average molecular weight is 298 g/mol. The number of aromatic amines is 2. The highest BCUT2D eigenvalue weighted by molar-refractivity contribution is 5.22. The van der Waals surface area contributed by atoms with Crippen LogP contribution in [0, 0.1) is 0 Å². The van der Waals surface area contributed by atoms with Crippen LogP contribution in [0.15, 0.2) is 23.1 Å². The number of nitrogens with zero attached hydrogens (tertiary/aromatic N) is 2. The van der Waals surface area contributed by atoms with E-state index in [-0.39, 0.29) is 12.2 Å². The zero-order valence-corrected chi connectivity index (χ0v) is 11.0. The maximum atomic E-state index is 12.7. The van der Waals surface area contributed by atoms with Gasteiger partial charge in [0.2, 0.25) is 5.82 Å². The zero-order valence-electron chi connectivity index (χ0n) is 11.0. The van der Waals surface area contributed by atoms with E-state index in [1.165, 1.54) is 0 Å². The van der Waals surface area contributed by atoms with Crippen LogP contribution in [0.25, 0.3) is 0 Å². The first-order valence-corrected chi connectivity index (χ1v) is 6.47. The lowest BCUT2D eigenvalue weighted by Gasteiger charge is -2.27. The smallest absolute Gasteiger partial charge is 0.364 e. The Morgan fingerprint density at radius 2 is 2.19 bits per heavy atom. The molecular weight excluding hydrogens is 285 g/mol. The molecule has 0 aromatic carbocycles. The molecule has 0 saturated carbocycles. The quantitative estimate of drug-likeness (QED) is 0.886. The molecule has 0 aliphatic carbocycles. The summed E-state index contributed by atoms with van der Waals surface area (Å²) in [5.41, 5.74) is 0.848. The molecular formula is C13H13F3N4O. The first-order chi connectivity index (χ1) is 9.93. The van der Waals surface area contributed by atoms with E-state index in [2.05, 4.69) is 9.97 Å². The minimum Gasteiger partial charge on any atom is -0.364 e. The number of halogens is 3. The van der Waals surface area contributed by atoms with Gasteiger partial charge in [-0.25, -0.2) is 4.98 Å². The maximum absolute atomic E-state index is 12.7. The van der Waals surface area contributed by atoms with Gasteiger partial charge in [0.25, 0.3) is 5.56 Å². The van der Waals surface area contributed by atoms with Gasteiger partial charge in [-0.1, -0.05) is 0 Å². The summed E-state index contributed by atoms with van der Waals surface area (Å²) in [6.07, 6.45) is -2.45. The Labute approximate surface area is 117 Å². The Hall–Kier alpha value is -2.09. The van der Waals surface area contributed by atoms with E-state index in [4.69, 9.17) is 0 Å². The molecule has 0 amide bonds. The molecule has 3 rings (SSSR count). The molecule has 5 nitrogen and oxygen atoms in total. The van der Waals surface area contributed by atoms with E-state index in [1.54, 1.807) is 6.20 Å². The molecule has 21 heavy (non-hydrogen) atoms. The molecule has 112 valence electrons. The van der Waals surface area contributed by atoms with Crippen molar-refractivity contribution in [3.05, 3.63) is 51.5 Å². The van der Waals surface area contributed by atoms with Gasteiger partial charge in [-0.3, -0.25) is 9.69 Å². The van der Waals surface area contributed by atoms with Crippen LogP contribution >= 0.6 is 0 Å². The van der Waals surface area contributed by atoms with Crippen molar-refractivity contribution in [2.75, 3.05) is 6.54 Å². The normalized spacial score (nSPS) is 16.0. The van der Waals surface area contributed by atoms with Gasteiger partial charge in [0.15, 0.2) is 0 Å². The maximum Gasteiger partial charge on any atom is 0.449 e. The highest BCUT2D eigenvalue weighted by Gasteiger charge is 2.35. The van der Waals surface area contributed by atoms with Crippen LogP contribution < -0.4 is 5.56 Å². The molecule has 0 saturated heterocycles. The molecule has 0 radical (unpaired) electrons. The van der Waals surface area contributed by atoms with Crippen LogP contribution in [0.3, 0.4) is 0 Å². The van der Waals surface area contributed by atoms with E-state index >= 15 is 0 Å². The van der Waals surface area contributed by atoms with Gasteiger partial charge in [-0.05, 0) is 18.6 Å². The highest BCUT2D eigenvalue weighted by atomic mass is 19.4. The van der Waals surface area contributed by atoms with Crippen molar-refractivity contribution in [1.29, 1.82) is 0 Å². The van der Waals surface area contributed by atoms with Gasteiger partial charge in [-0.2, -0.15) is 13.2 Å². The summed E-state index contributed by atoms with van der Waals surface area (Å²) in [6, 6.07) is 3.76. The summed E-state index contributed by atoms with van der Waals surface area (Å²) in [5, 5.41) is 0. The lowest BCUT2D eigenvalue weighted by Crippen LogP contribution is -2.36. The number of nitrogens with one attached hydrogen (secondary N) is 2. The summed E-state index contributed by atoms with van der Waals surface area (Å²) in [6.45, 7) is 1.44. The van der Waals surface area contributed by atoms with Crippen molar-refractivity contribution < 1.29 is 13.2 Å². The van der Waals surface area contributed by atoms with Gasteiger partial charge in [0, 0.05) is 37.1 Å². The molecule has 2 N–H and O–H groups in total. The topological polar surface area (TPSA) is 64.8 Å². The van der Waals surface area contributed by atoms with E-state index in [9.17, 15) is 18.0 Å². The summed E-state index contributed by atoms with van der Waals surface area (Å²) < 4.78 is 38.1. The molecule has 1 aliphatic heterocycles.